The quantitative estimate of drug-likeness (QED) is 0.0200. The summed E-state index contributed by atoms with van der Waals surface area (Å²) in [7, 11) is 0. The highest BCUT2D eigenvalue weighted by molar-refractivity contribution is 5.79. The molecule has 0 bridgehead atoms. The van der Waals surface area contributed by atoms with Crippen molar-refractivity contribution in [3.8, 4) is 11.1 Å². The molecule has 0 unspecified atom stereocenters. The van der Waals surface area contributed by atoms with Gasteiger partial charge in [0.15, 0.2) is 11.6 Å². The van der Waals surface area contributed by atoms with Crippen molar-refractivity contribution in [3.05, 3.63) is 83.1 Å². The third-order valence-electron chi connectivity index (χ3n) is 10.5. The van der Waals surface area contributed by atoms with Crippen LogP contribution in [-0.2, 0) is 23.8 Å². The number of benzene rings is 2. The molecule has 0 aliphatic heterocycles. The monoisotopic (exact) mass is 929 g/mol. The van der Waals surface area contributed by atoms with Crippen LogP contribution in [0.1, 0.15) is 185 Å². The lowest BCUT2D eigenvalue weighted by Crippen LogP contribution is -2.31. The Labute approximate surface area is 394 Å². The van der Waals surface area contributed by atoms with Crippen LogP contribution in [0.2, 0.25) is 0 Å². The molecular formula is C49H72N10O8. The van der Waals surface area contributed by atoms with Gasteiger partial charge >= 0.3 is 18.0 Å². The van der Waals surface area contributed by atoms with Crippen LogP contribution in [-0.4, -0.2) is 80.9 Å². The fourth-order valence-electron chi connectivity index (χ4n) is 7.23. The Kier molecular flexibility index (Phi) is 20.0. The number of aliphatic imine (C=N–C) groups is 2. The molecule has 18 heteroatoms. The number of carbonyl (C=O) groups excluding carboxylic acids is 3. The Morgan fingerprint density at radius 2 is 1.15 bits per heavy atom. The van der Waals surface area contributed by atoms with E-state index in [1.165, 1.54) is 0 Å². The lowest BCUT2D eigenvalue weighted by Gasteiger charge is -2.21. The summed E-state index contributed by atoms with van der Waals surface area (Å²) in [6.45, 7) is 20.0. The van der Waals surface area contributed by atoms with E-state index in [1.54, 1.807) is 13.8 Å². The molecular weight excluding hydrogens is 857 g/mol. The van der Waals surface area contributed by atoms with Gasteiger partial charge in [0.1, 0.15) is 23.9 Å². The predicted molar refractivity (Wildman–Crippen MR) is 256 cm³/mol. The van der Waals surface area contributed by atoms with Gasteiger partial charge in [-0.3, -0.25) is 19.6 Å². The fourth-order valence-corrected chi connectivity index (χ4v) is 7.23. The van der Waals surface area contributed by atoms with Crippen LogP contribution in [0.5, 0.6) is 0 Å². The van der Waals surface area contributed by atoms with Gasteiger partial charge in [-0.2, -0.15) is 9.97 Å². The van der Waals surface area contributed by atoms with E-state index in [4.69, 9.17) is 40.5 Å². The third kappa shape index (κ3) is 18.2. The summed E-state index contributed by atoms with van der Waals surface area (Å²) >= 11 is 0. The second kappa shape index (κ2) is 25.1. The number of fused-ring (bicyclic) bond motifs is 3. The maximum atomic E-state index is 13.1. The van der Waals surface area contributed by atoms with E-state index >= 15 is 0 Å². The van der Waals surface area contributed by atoms with Gasteiger partial charge in [0.25, 0.3) is 0 Å². The van der Waals surface area contributed by atoms with Crippen molar-refractivity contribution in [2.24, 2.45) is 27.2 Å². The minimum atomic E-state index is -0.730. The molecule has 0 fully saturated rings. The molecule has 2 heterocycles. The predicted octanol–water partition coefficient (Wildman–Crippen LogP) is 8.48. The lowest BCUT2D eigenvalue weighted by molar-refractivity contribution is -0.156. The summed E-state index contributed by atoms with van der Waals surface area (Å²) in [5.74, 6) is 2.25. The molecule has 4 atom stereocenters. The number of rotatable bonds is 21. The Morgan fingerprint density at radius 1 is 0.701 bits per heavy atom. The number of hydrogen-bond acceptors (Lipinski definition) is 15. The Bertz CT molecular complexity index is 2220. The molecule has 2 aromatic carbocycles. The van der Waals surface area contributed by atoms with E-state index in [-0.39, 0.29) is 61.5 Å². The average Bonchev–Trinajstić information content (AvgIpc) is 4.02. The van der Waals surface area contributed by atoms with E-state index in [2.05, 4.69) is 59.8 Å². The van der Waals surface area contributed by atoms with E-state index in [1.807, 2.05) is 79.7 Å². The Balaban J connectivity index is 0.000000335. The van der Waals surface area contributed by atoms with E-state index in [0.717, 1.165) is 47.9 Å². The number of nitrogens with one attached hydrogen (secondary N) is 1. The second-order valence-electron chi connectivity index (χ2n) is 19.0. The number of nitrogens with zero attached hydrogens (tertiary/aromatic N) is 6. The van der Waals surface area contributed by atoms with E-state index in [9.17, 15) is 14.4 Å². The third-order valence-corrected chi connectivity index (χ3v) is 10.5. The smallest absolute Gasteiger partial charge is 0.407 e. The minimum Gasteiger partial charge on any atom is -0.460 e. The molecule has 0 saturated carbocycles. The van der Waals surface area contributed by atoms with Gasteiger partial charge in [0.05, 0.1) is 17.7 Å². The van der Waals surface area contributed by atoms with Crippen molar-refractivity contribution in [3.63, 3.8) is 0 Å². The average molecular weight is 929 g/mol. The molecule has 1 aliphatic rings. The molecule has 67 heavy (non-hydrogen) atoms. The highest BCUT2D eigenvalue weighted by Gasteiger charge is 2.31. The largest absolute Gasteiger partial charge is 0.460 e. The van der Waals surface area contributed by atoms with Crippen molar-refractivity contribution < 1.29 is 37.6 Å². The zero-order valence-corrected chi connectivity index (χ0v) is 41.0. The lowest BCUT2D eigenvalue weighted by atomic mass is 9.98. The summed E-state index contributed by atoms with van der Waals surface area (Å²) in [6.07, 6.45) is 3.62. The highest BCUT2D eigenvalue weighted by Crippen LogP contribution is 2.44. The molecule has 2 aromatic heterocycles. The first-order chi connectivity index (χ1) is 31.6. The first-order valence-corrected chi connectivity index (χ1v) is 23.1. The second-order valence-corrected chi connectivity index (χ2v) is 19.0. The number of ether oxygens (including phenoxy) is 3. The van der Waals surface area contributed by atoms with Gasteiger partial charge in [-0.25, -0.2) is 4.79 Å². The summed E-state index contributed by atoms with van der Waals surface area (Å²) in [5.41, 5.74) is 20.6. The van der Waals surface area contributed by atoms with Crippen molar-refractivity contribution in [1.29, 1.82) is 0 Å². The summed E-state index contributed by atoms with van der Waals surface area (Å²) in [6, 6.07) is 15.1. The van der Waals surface area contributed by atoms with E-state index in [0.29, 0.717) is 48.7 Å². The molecule has 1 aliphatic carbocycles. The number of aromatic nitrogens is 4. The van der Waals surface area contributed by atoms with Crippen LogP contribution >= 0.6 is 0 Å². The minimum absolute atomic E-state index is 0.0109. The summed E-state index contributed by atoms with van der Waals surface area (Å²) in [5, 5.41) is 11.0. The first kappa shape index (κ1) is 53.4. The molecule has 0 saturated heterocycles. The number of nitrogens with two attached hydrogens (primary N) is 3. The van der Waals surface area contributed by atoms with Crippen LogP contribution in [0, 0.1) is 0 Å². The number of alkyl carbamates (subject to hydrolysis) is 1. The molecule has 7 N–H and O–H groups in total. The number of amidine groups is 2. The van der Waals surface area contributed by atoms with Gasteiger partial charge < -0.3 is 45.8 Å². The van der Waals surface area contributed by atoms with Crippen LogP contribution < -0.4 is 22.5 Å². The SMILES string of the molecule is CC(N)=NCCC[C@H](C)c1noc([C@@H](N)CCC(=O)OC(C)(C)C)n1.CC(N)=NCCC[C@H](C)c1noc([C@H](CCC(=O)OC(C)(C)C)NC(=O)OCC2c3ccccc3-c3ccccc32)n1. The summed E-state index contributed by atoms with van der Waals surface area (Å²) in [4.78, 5) is 54.6. The molecule has 0 spiro atoms. The van der Waals surface area contributed by atoms with Gasteiger partial charge in [-0.15, -0.1) is 0 Å². The molecule has 0 radical (unpaired) electrons. The van der Waals surface area contributed by atoms with Gasteiger partial charge in [0, 0.05) is 43.7 Å². The normalized spacial score (nSPS) is 14.7. The Hall–Kier alpha value is -6.17. The van der Waals surface area contributed by atoms with Gasteiger partial charge in [-0.05, 0) is 116 Å². The number of carbonyl (C=O) groups is 3. The van der Waals surface area contributed by atoms with Crippen LogP contribution in [0.3, 0.4) is 0 Å². The molecule has 5 rings (SSSR count). The number of hydrogen-bond donors (Lipinski definition) is 4. The van der Waals surface area contributed by atoms with Crippen LogP contribution in [0.25, 0.3) is 11.1 Å². The molecule has 366 valence electrons. The Morgan fingerprint density at radius 3 is 1.63 bits per heavy atom. The van der Waals surface area contributed by atoms with Crippen molar-refractivity contribution in [2.45, 2.75) is 162 Å². The van der Waals surface area contributed by atoms with Crippen LogP contribution in [0.15, 0.2) is 67.6 Å². The zero-order chi connectivity index (χ0) is 49.3. The molecule has 18 nitrogen and oxygen atoms in total. The molecule has 4 aromatic rings. The summed E-state index contributed by atoms with van der Waals surface area (Å²) < 4.78 is 27.3. The van der Waals surface area contributed by atoms with Crippen molar-refractivity contribution >= 4 is 29.7 Å². The first-order valence-electron chi connectivity index (χ1n) is 23.1. The van der Waals surface area contributed by atoms with Crippen molar-refractivity contribution in [2.75, 3.05) is 19.7 Å². The van der Waals surface area contributed by atoms with Crippen molar-refractivity contribution in [1.82, 2.24) is 25.6 Å². The zero-order valence-electron chi connectivity index (χ0n) is 41.0. The number of amides is 1. The fraction of sp³-hybridized carbons (Fsp3) is 0.571. The van der Waals surface area contributed by atoms with Gasteiger partial charge in [-0.1, -0.05) is 72.7 Å². The number of esters is 2. The topological polar surface area (TPSA) is 272 Å². The van der Waals surface area contributed by atoms with Gasteiger partial charge in [0.2, 0.25) is 11.8 Å². The van der Waals surface area contributed by atoms with Crippen LogP contribution in [0.4, 0.5) is 4.79 Å². The van der Waals surface area contributed by atoms with E-state index < -0.39 is 29.4 Å². The maximum Gasteiger partial charge on any atom is 0.407 e. The standard InChI is InChI=1S/C32H41N5O5.C17H31N5O3/c1-20(11-10-18-34-21(2)33)29-36-30(42-37-29)27(16-17-28(38)41-32(3,4)5)35-31(39)40-19-26-24-14-8-6-12-22(24)23-13-7-9-15-25(23)26;1-11(7-6-10-20-12(2)18)15-21-16(25-22-15)13(19)8-9-14(23)24-17(3,4)5/h6-9,12-15,20,26-27H,10-11,16-19H2,1-5H3,(H2,33,34)(H,35,39);11,13H,6-10,19H2,1-5H3,(H2,18,20)/t20-,27-;11-,13-/m00/s1. The molecule has 1 amide bonds. The maximum absolute atomic E-state index is 13.1. The highest BCUT2D eigenvalue weighted by atomic mass is 16.6.